The number of rotatable bonds is 7. The van der Waals surface area contributed by atoms with E-state index in [4.69, 9.17) is 10.2 Å². The number of aliphatic hydroxyl groups excluding tert-OH is 1. The van der Waals surface area contributed by atoms with Crippen molar-refractivity contribution in [3.63, 3.8) is 0 Å². The summed E-state index contributed by atoms with van der Waals surface area (Å²) in [6.07, 6.45) is 4.51. The van der Waals surface area contributed by atoms with Crippen LogP contribution >= 0.6 is 0 Å². The fourth-order valence-electron chi connectivity index (χ4n) is 2.95. The number of aromatic nitrogens is 2. The number of carbonyl (C=O) groups excluding carboxylic acids is 1. The molecule has 134 valence electrons. The number of hydrogen-bond donors (Lipinski definition) is 3. The van der Waals surface area contributed by atoms with Crippen molar-refractivity contribution in [2.45, 2.75) is 19.4 Å². The molecule has 0 aliphatic heterocycles. The van der Waals surface area contributed by atoms with E-state index in [2.05, 4.69) is 12.1 Å². The van der Waals surface area contributed by atoms with E-state index in [9.17, 15) is 9.90 Å². The van der Waals surface area contributed by atoms with Gasteiger partial charge in [-0.1, -0.05) is 36.4 Å². The number of benzene rings is 2. The Morgan fingerprint density at radius 2 is 1.96 bits per heavy atom. The first-order chi connectivity index (χ1) is 12.7. The maximum atomic E-state index is 11.1. The predicted octanol–water partition coefficient (Wildman–Crippen LogP) is 2.33. The molecule has 0 saturated heterocycles. The fraction of sp³-hybridized carbons (Fsp3) is 0.200. The standard InChI is InChI=1S/C20H21N3O3/c24-13-12-23-18-9-6-16(8-11-20(25)22-26)14-17(18)21-19(23)10-7-15-4-2-1-3-5-15/h1-6,8-9,11,14,24,26H,7,10,12-13H2,(H,22,25). The molecule has 0 radical (unpaired) electrons. The normalized spacial score (nSPS) is 11.3. The molecular formula is C20H21N3O3. The summed E-state index contributed by atoms with van der Waals surface area (Å²) < 4.78 is 2.03. The Labute approximate surface area is 151 Å². The highest BCUT2D eigenvalue weighted by molar-refractivity contribution is 5.91. The van der Waals surface area contributed by atoms with Crippen molar-refractivity contribution in [1.82, 2.24) is 15.0 Å². The predicted molar refractivity (Wildman–Crippen MR) is 99.6 cm³/mol. The number of amides is 1. The van der Waals surface area contributed by atoms with Crippen molar-refractivity contribution < 1.29 is 15.1 Å². The number of nitrogens with zero attached hydrogens (tertiary/aromatic N) is 2. The van der Waals surface area contributed by atoms with Gasteiger partial charge in [0.25, 0.3) is 5.91 Å². The van der Waals surface area contributed by atoms with Crippen LogP contribution in [0.3, 0.4) is 0 Å². The zero-order valence-corrected chi connectivity index (χ0v) is 14.3. The Kier molecular flexibility index (Phi) is 5.78. The van der Waals surface area contributed by atoms with Gasteiger partial charge in [-0.05, 0) is 35.8 Å². The van der Waals surface area contributed by atoms with Gasteiger partial charge >= 0.3 is 0 Å². The molecule has 3 N–H and O–H groups in total. The number of imidazole rings is 1. The molecule has 6 nitrogen and oxygen atoms in total. The van der Waals surface area contributed by atoms with E-state index >= 15 is 0 Å². The number of hydroxylamine groups is 1. The van der Waals surface area contributed by atoms with E-state index in [1.165, 1.54) is 11.6 Å². The summed E-state index contributed by atoms with van der Waals surface area (Å²) in [6.45, 7) is 0.533. The molecule has 26 heavy (non-hydrogen) atoms. The molecule has 3 rings (SSSR count). The van der Waals surface area contributed by atoms with Crippen LogP contribution in [0.2, 0.25) is 0 Å². The lowest BCUT2D eigenvalue weighted by Crippen LogP contribution is -2.14. The molecule has 3 aromatic rings. The van der Waals surface area contributed by atoms with Crippen molar-refractivity contribution >= 4 is 23.0 Å². The van der Waals surface area contributed by atoms with Gasteiger partial charge in [0.15, 0.2) is 0 Å². The molecule has 1 aromatic heterocycles. The Bertz CT molecular complexity index is 917. The highest BCUT2D eigenvalue weighted by Gasteiger charge is 2.11. The van der Waals surface area contributed by atoms with Crippen molar-refractivity contribution in [2.24, 2.45) is 0 Å². The molecular weight excluding hydrogens is 330 g/mol. The van der Waals surface area contributed by atoms with Crippen molar-refractivity contribution in [3.05, 3.63) is 71.6 Å². The molecule has 0 fully saturated rings. The first-order valence-corrected chi connectivity index (χ1v) is 8.47. The Morgan fingerprint density at radius 1 is 1.15 bits per heavy atom. The smallest absolute Gasteiger partial charge is 0.267 e. The average Bonchev–Trinajstić information content (AvgIpc) is 3.02. The molecule has 0 spiro atoms. The minimum atomic E-state index is -0.584. The summed E-state index contributed by atoms with van der Waals surface area (Å²) in [7, 11) is 0. The van der Waals surface area contributed by atoms with E-state index < -0.39 is 5.91 Å². The van der Waals surface area contributed by atoms with Gasteiger partial charge in [-0.2, -0.15) is 0 Å². The zero-order valence-electron chi connectivity index (χ0n) is 14.3. The van der Waals surface area contributed by atoms with E-state index in [1.54, 1.807) is 11.6 Å². The largest absolute Gasteiger partial charge is 0.395 e. The van der Waals surface area contributed by atoms with Crippen molar-refractivity contribution in [3.8, 4) is 0 Å². The van der Waals surface area contributed by atoms with E-state index in [0.29, 0.717) is 6.54 Å². The third kappa shape index (κ3) is 4.17. The lowest BCUT2D eigenvalue weighted by Gasteiger charge is -2.07. The molecule has 0 bridgehead atoms. The van der Waals surface area contributed by atoms with Crippen LogP contribution in [0.4, 0.5) is 0 Å². The van der Waals surface area contributed by atoms with Crippen LogP contribution in [0.5, 0.6) is 0 Å². The van der Waals surface area contributed by atoms with Gasteiger partial charge in [0.1, 0.15) is 5.82 Å². The van der Waals surface area contributed by atoms with Crippen LogP contribution < -0.4 is 5.48 Å². The minimum absolute atomic E-state index is 0.0438. The van der Waals surface area contributed by atoms with Gasteiger partial charge in [0.05, 0.1) is 17.6 Å². The number of carbonyl (C=O) groups is 1. The minimum Gasteiger partial charge on any atom is -0.395 e. The second kappa shape index (κ2) is 8.42. The molecule has 6 heteroatoms. The maximum absolute atomic E-state index is 11.1. The van der Waals surface area contributed by atoms with Gasteiger partial charge in [-0.3, -0.25) is 10.0 Å². The average molecular weight is 351 g/mol. The van der Waals surface area contributed by atoms with Gasteiger partial charge in [-0.15, -0.1) is 0 Å². The molecule has 0 saturated carbocycles. The highest BCUT2D eigenvalue weighted by Crippen LogP contribution is 2.20. The van der Waals surface area contributed by atoms with E-state index in [-0.39, 0.29) is 6.61 Å². The fourth-order valence-corrected chi connectivity index (χ4v) is 2.95. The van der Waals surface area contributed by atoms with Crippen LogP contribution in [0, 0.1) is 0 Å². The molecule has 1 amide bonds. The Hall–Kier alpha value is -2.96. The van der Waals surface area contributed by atoms with E-state index in [1.807, 2.05) is 41.0 Å². The summed E-state index contributed by atoms with van der Waals surface area (Å²) in [5, 5.41) is 18.0. The first-order valence-electron chi connectivity index (χ1n) is 8.47. The molecule has 0 atom stereocenters. The SMILES string of the molecule is O=C(C=Cc1ccc2c(c1)nc(CCc1ccccc1)n2CCO)NO. The Balaban J connectivity index is 1.88. The van der Waals surface area contributed by atoms with Crippen LogP contribution in [-0.4, -0.2) is 32.4 Å². The molecule has 2 aromatic carbocycles. The van der Waals surface area contributed by atoms with E-state index in [0.717, 1.165) is 35.3 Å². The van der Waals surface area contributed by atoms with Gasteiger partial charge in [-0.25, -0.2) is 10.5 Å². The molecule has 0 aliphatic rings. The lowest BCUT2D eigenvalue weighted by atomic mass is 10.1. The third-order valence-electron chi connectivity index (χ3n) is 4.19. The summed E-state index contributed by atoms with van der Waals surface area (Å²) in [5.41, 5.74) is 5.38. The summed E-state index contributed by atoms with van der Waals surface area (Å²) in [6, 6.07) is 15.9. The maximum Gasteiger partial charge on any atom is 0.267 e. The van der Waals surface area contributed by atoms with Crippen molar-refractivity contribution in [2.75, 3.05) is 6.61 Å². The molecule has 1 heterocycles. The second-order valence-electron chi connectivity index (χ2n) is 5.95. The van der Waals surface area contributed by atoms with Crippen LogP contribution in [-0.2, 0) is 24.2 Å². The number of hydrogen-bond acceptors (Lipinski definition) is 4. The number of aryl methyl sites for hydroxylation is 2. The summed E-state index contributed by atoms with van der Waals surface area (Å²) >= 11 is 0. The quantitative estimate of drug-likeness (QED) is 0.346. The number of aliphatic hydroxyl groups is 1. The first kappa shape index (κ1) is 17.8. The lowest BCUT2D eigenvalue weighted by molar-refractivity contribution is -0.124. The zero-order chi connectivity index (χ0) is 18.4. The second-order valence-corrected chi connectivity index (χ2v) is 5.95. The summed E-state index contributed by atoms with van der Waals surface area (Å²) in [5.74, 6) is 0.339. The monoisotopic (exact) mass is 351 g/mol. The van der Waals surface area contributed by atoms with Gasteiger partial charge in [0.2, 0.25) is 0 Å². The molecule has 0 unspecified atom stereocenters. The van der Waals surface area contributed by atoms with Gasteiger partial charge in [0, 0.05) is 19.0 Å². The van der Waals surface area contributed by atoms with Crippen LogP contribution in [0.25, 0.3) is 17.1 Å². The van der Waals surface area contributed by atoms with Crippen molar-refractivity contribution in [1.29, 1.82) is 0 Å². The highest BCUT2D eigenvalue weighted by atomic mass is 16.5. The van der Waals surface area contributed by atoms with Gasteiger partial charge < -0.3 is 9.67 Å². The van der Waals surface area contributed by atoms with Crippen LogP contribution in [0.15, 0.2) is 54.6 Å². The summed E-state index contributed by atoms with van der Waals surface area (Å²) in [4.78, 5) is 15.8. The number of fused-ring (bicyclic) bond motifs is 1. The molecule has 0 aliphatic carbocycles. The Morgan fingerprint density at radius 3 is 2.69 bits per heavy atom. The van der Waals surface area contributed by atoms with Crippen LogP contribution in [0.1, 0.15) is 17.0 Å². The number of nitrogens with one attached hydrogen (secondary N) is 1. The third-order valence-corrected chi connectivity index (χ3v) is 4.19. The topological polar surface area (TPSA) is 87.4 Å².